The maximum atomic E-state index is 6.28. The van der Waals surface area contributed by atoms with Crippen molar-refractivity contribution >= 4 is 0 Å². The molecule has 1 aliphatic rings. The first-order chi connectivity index (χ1) is 9.13. The van der Waals surface area contributed by atoms with Gasteiger partial charge in [0, 0.05) is 39.9 Å². The van der Waals surface area contributed by atoms with E-state index in [1.807, 2.05) is 0 Å². The molecule has 0 spiro atoms. The third-order valence-corrected chi connectivity index (χ3v) is 3.86. The molecule has 1 aromatic carbocycles. The van der Waals surface area contributed by atoms with Crippen LogP contribution in [0.15, 0.2) is 24.3 Å². The SMILES string of the molecule is COC1CN(CC(N)c2ccc(C)cc2)CC1OC. The van der Waals surface area contributed by atoms with Crippen molar-refractivity contribution in [3.05, 3.63) is 35.4 Å². The first-order valence-corrected chi connectivity index (χ1v) is 6.74. The van der Waals surface area contributed by atoms with Gasteiger partial charge in [-0.1, -0.05) is 29.8 Å². The van der Waals surface area contributed by atoms with E-state index in [2.05, 4.69) is 36.1 Å². The number of nitrogens with two attached hydrogens (primary N) is 1. The normalized spacial score (nSPS) is 25.7. The van der Waals surface area contributed by atoms with Gasteiger partial charge in [-0.3, -0.25) is 4.90 Å². The van der Waals surface area contributed by atoms with Crippen LogP contribution in [0, 0.1) is 6.92 Å². The summed E-state index contributed by atoms with van der Waals surface area (Å²) >= 11 is 0. The molecule has 1 heterocycles. The van der Waals surface area contributed by atoms with E-state index in [0.29, 0.717) is 0 Å². The highest BCUT2D eigenvalue weighted by Crippen LogP contribution is 2.19. The number of hydrogen-bond donors (Lipinski definition) is 1. The summed E-state index contributed by atoms with van der Waals surface area (Å²) in [6.07, 6.45) is 0.297. The van der Waals surface area contributed by atoms with E-state index >= 15 is 0 Å². The molecule has 0 aromatic heterocycles. The number of likely N-dealkylation sites (tertiary alicyclic amines) is 1. The van der Waals surface area contributed by atoms with Crippen molar-refractivity contribution in [3.8, 4) is 0 Å². The molecule has 0 bridgehead atoms. The molecule has 4 nitrogen and oxygen atoms in total. The minimum absolute atomic E-state index is 0.0358. The van der Waals surface area contributed by atoms with Crippen LogP contribution in [0.5, 0.6) is 0 Å². The minimum Gasteiger partial charge on any atom is -0.377 e. The standard InChI is InChI=1S/C15H24N2O2/c1-11-4-6-12(7-5-11)13(16)8-17-9-14(18-2)15(10-17)19-3/h4-7,13-15H,8-10,16H2,1-3H3. The van der Waals surface area contributed by atoms with Crippen LogP contribution in [-0.2, 0) is 9.47 Å². The average Bonchev–Trinajstić information content (AvgIpc) is 2.81. The molecule has 4 heteroatoms. The quantitative estimate of drug-likeness (QED) is 0.872. The van der Waals surface area contributed by atoms with E-state index < -0.39 is 0 Å². The Morgan fingerprint density at radius 3 is 2.16 bits per heavy atom. The van der Waals surface area contributed by atoms with Crippen molar-refractivity contribution in [3.63, 3.8) is 0 Å². The predicted molar refractivity (Wildman–Crippen MR) is 76.1 cm³/mol. The Morgan fingerprint density at radius 2 is 1.68 bits per heavy atom. The van der Waals surface area contributed by atoms with Crippen molar-refractivity contribution in [2.24, 2.45) is 5.73 Å². The van der Waals surface area contributed by atoms with Gasteiger partial charge in [-0.2, -0.15) is 0 Å². The molecule has 1 aromatic rings. The Hall–Kier alpha value is -0.940. The van der Waals surface area contributed by atoms with E-state index in [9.17, 15) is 0 Å². The number of hydrogen-bond acceptors (Lipinski definition) is 4. The zero-order valence-electron chi connectivity index (χ0n) is 12.0. The van der Waals surface area contributed by atoms with Gasteiger partial charge in [0.25, 0.3) is 0 Å². The predicted octanol–water partition coefficient (Wildman–Crippen LogP) is 1.34. The van der Waals surface area contributed by atoms with Crippen molar-refractivity contribution in [1.82, 2.24) is 4.90 Å². The molecular formula is C15H24N2O2. The van der Waals surface area contributed by atoms with Crippen molar-refractivity contribution in [2.75, 3.05) is 33.9 Å². The first-order valence-electron chi connectivity index (χ1n) is 6.74. The van der Waals surface area contributed by atoms with Crippen LogP contribution in [0.1, 0.15) is 17.2 Å². The van der Waals surface area contributed by atoms with Crippen LogP contribution < -0.4 is 5.73 Å². The topological polar surface area (TPSA) is 47.7 Å². The number of rotatable bonds is 5. The molecule has 3 unspecified atom stereocenters. The van der Waals surface area contributed by atoms with Gasteiger partial charge in [0.1, 0.15) is 0 Å². The maximum Gasteiger partial charge on any atom is 0.0971 e. The molecule has 3 atom stereocenters. The lowest BCUT2D eigenvalue weighted by Gasteiger charge is -2.20. The van der Waals surface area contributed by atoms with Crippen LogP contribution in [-0.4, -0.2) is 51.0 Å². The summed E-state index contributed by atoms with van der Waals surface area (Å²) in [6, 6.07) is 8.47. The monoisotopic (exact) mass is 264 g/mol. The lowest BCUT2D eigenvalue weighted by molar-refractivity contribution is -0.00461. The van der Waals surface area contributed by atoms with Crippen LogP contribution in [0.25, 0.3) is 0 Å². The first kappa shape index (κ1) is 14.5. The summed E-state index contributed by atoms with van der Waals surface area (Å²) in [5, 5.41) is 0. The molecule has 0 aliphatic carbocycles. The Bertz CT molecular complexity index is 382. The van der Waals surface area contributed by atoms with Crippen LogP contribution in [0.2, 0.25) is 0 Å². The third-order valence-electron chi connectivity index (χ3n) is 3.86. The van der Waals surface area contributed by atoms with Crippen molar-refractivity contribution < 1.29 is 9.47 Å². The van der Waals surface area contributed by atoms with Crippen LogP contribution in [0.3, 0.4) is 0 Å². The summed E-state index contributed by atoms with van der Waals surface area (Å²) in [6.45, 7) is 4.69. The second-order valence-corrected chi connectivity index (χ2v) is 5.28. The molecule has 19 heavy (non-hydrogen) atoms. The van der Waals surface area contributed by atoms with E-state index in [4.69, 9.17) is 15.2 Å². The van der Waals surface area contributed by atoms with E-state index in [-0.39, 0.29) is 18.2 Å². The number of aryl methyl sites for hydroxylation is 1. The number of nitrogens with zero attached hydrogens (tertiary/aromatic N) is 1. The summed E-state index contributed by atoms with van der Waals surface area (Å²) in [5.74, 6) is 0. The second kappa shape index (κ2) is 6.48. The minimum atomic E-state index is 0.0358. The number of benzene rings is 1. The molecule has 1 saturated heterocycles. The number of ether oxygens (including phenoxy) is 2. The van der Waals surface area contributed by atoms with Gasteiger partial charge in [-0.05, 0) is 12.5 Å². The fourth-order valence-electron chi connectivity index (χ4n) is 2.62. The van der Waals surface area contributed by atoms with Gasteiger partial charge in [0.15, 0.2) is 0 Å². The summed E-state index contributed by atoms with van der Waals surface area (Å²) in [4.78, 5) is 2.31. The van der Waals surface area contributed by atoms with E-state index in [1.165, 1.54) is 11.1 Å². The van der Waals surface area contributed by atoms with Crippen LogP contribution >= 0.6 is 0 Å². The lowest BCUT2D eigenvalue weighted by Crippen LogP contribution is -2.31. The molecular weight excluding hydrogens is 240 g/mol. The van der Waals surface area contributed by atoms with Gasteiger partial charge >= 0.3 is 0 Å². The van der Waals surface area contributed by atoms with Gasteiger partial charge < -0.3 is 15.2 Å². The fraction of sp³-hybridized carbons (Fsp3) is 0.600. The highest BCUT2D eigenvalue weighted by atomic mass is 16.5. The molecule has 0 radical (unpaired) electrons. The Kier molecular flexibility index (Phi) is 4.93. The van der Waals surface area contributed by atoms with Crippen molar-refractivity contribution in [1.29, 1.82) is 0 Å². The Balaban J connectivity index is 1.93. The van der Waals surface area contributed by atoms with Gasteiger partial charge in [0.2, 0.25) is 0 Å². The molecule has 0 saturated carbocycles. The molecule has 2 N–H and O–H groups in total. The van der Waals surface area contributed by atoms with Gasteiger partial charge in [0.05, 0.1) is 12.2 Å². The summed E-state index contributed by atoms with van der Waals surface area (Å²) < 4.78 is 10.9. The summed E-state index contributed by atoms with van der Waals surface area (Å²) in [5.41, 5.74) is 8.72. The maximum absolute atomic E-state index is 6.28. The zero-order chi connectivity index (χ0) is 13.8. The fourth-order valence-corrected chi connectivity index (χ4v) is 2.62. The number of methoxy groups -OCH3 is 2. The molecule has 1 fully saturated rings. The largest absolute Gasteiger partial charge is 0.377 e. The highest BCUT2D eigenvalue weighted by Gasteiger charge is 2.33. The van der Waals surface area contributed by atoms with Gasteiger partial charge in [-0.15, -0.1) is 0 Å². The molecule has 0 amide bonds. The lowest BCUT2D eigenvalue weighted by atomic mass is 10.1. The smallest absolute Gasteiger partial charge is 0.0971 e. The van der Waals surface area contributed by atoms with Crippen molar-refractivity contribution in [2.45, 2.75) is 25.2 Å². The Morgan fingerprint density at radius 1 is 1.16 bits per heavy atom. The van der Waals surface area contributed by atoms with E-state index in [0.717, 1.165) is 19.6 Å². The molecule has 106 valence electrons. The molecule has 1 aliphatic heterocycles. The Labute approximate surface area is 115 Å². The summed E-state index contributed by atoms with van der Waals surface area (Å²) in [7, 11) is 3.47. The van der Waals surface area contributed by atoms with Crippen LogP contribution in [0.4, 0.5) is 0 Å². The molecule has 2 rings (SSSR count). The zero-order valence-corrected chi connectivity index (χ0v) is 12.0. The van der Waals surface area contributed by atoms with E-state index in [1.54, 1.807) is 14.2 Å². The second-order valence-electron chi connectivity index (χ2n) is 5.28. The third kappa shape index (κ3) is 3.54. The highest BCUT2D eigenvalue weighted by molar-refractivity contribution is 5.24. The average molecular weight is 264 g/mol. The van der Waals surface area contributed by atoms with Gasteiger partial charge in [-0.25, -0.2) is 0 Å².